The molecule has 0 fully saturated rings. The summed E-state index contributed by atoms with van der Waals surface area (Å²) in [6, 6.07) is 54.1. The van der Waals surface area contributed by atoms with E-state index in [-0.39, 0.29) is 5.92 Å². The molecule has 0 N–H and O–H groups in total. The van der Waals surface area contributed by atoms with Crippen LogP contribution in [0.2, 0.25) is 0 Å². The number of rotatable bonds is 6. The smallest absolute Gasteiger partial charge is 0.164 e. The summed E-state index contributed by atoms with van der Waals surface area (Å²) in [4.78, 5) is 15.4. The lowest BCUT2D eigenvalue weighted by atomic mass is 9.74. The van der Waals surface area contributed by atoms with E-state index in [0.29, 0.717) is 17.5 Å². The molecule has 0 bridgehead atoms. The van der Waals surface area contributed by atoms with Crippen molar-refractivity contribution in [3.8, 4) is 56.4 Å². The van der Waals surface area contributed by atoms with Crippen LogP contribution in [0, 0.1) is 0 Å². The Balaban J connectivity index is 1.18. The molecule has 11 rings (SSSR count). The Labute approximate surface area is 331 Å². The summed E-state index contributed by atoms with van der Waals surface area (Å²) in [5.74, 6) is 2.04. The van der Waals surface area contributed by atoms with Gasteiger partial charge in [-0.15, -0.1) is 0 Å². The number of nitrogens with zero attached hydrogens (tertiary/aromatic N) is 3. The van der Waals surface area contributed by atoms with E-state index in [1.807, 2.05) is 42.5 Å². The van der Waals surface area contributed by atoms with Crippen molar-refractivity contribution in [3.05, 3.63) is 217 Å². The van der Waals surface area contributed by atoms with Gasteiger partial charge in [0, 0.05) is 22.6 Å². The van der Waals surface area contributed by atoms with Crippen molar-refractivity contribution in [1.82, 2.24) is 15.0 Å². The molecule has 9 aromatic rings. The van der Waals surface area contributed by atoms with E-state index in [2.05, 4.69) is 158 Å². The van der Waals surface area contributed by atoms with E-state index in [1.54, 1.807) is 0 Å². The zero-order chi connectivity index (χ0) is 37.9. The molecule has 1 unspecified atom stereocenters. The molecule has 2 aliphatic rings. The van der Waals surface area contributed by atoms with E-state index in [4.69, 9.17) is 15.0 Å². The molecule has 0 spiro atoms. The molecule has 1 atom stereocenters. The zero-order valence-electron chi connectivity index (χ0n) is 31.1. The van der Waals surface area contributed by atoms with Crippen LogP contribution in [-0.2, 0) is 0 Å². The highest BCUT2D eigenvalue weighted by molar-refractivity contribution is 6.25. The Morgan fingerprint density at radius 1 is 0.474 bits per heavy atom. The first-order valence-electron chi connectivity index (χ1n) is 19.4. The number of aromatic nitrogens is 3. The normalized spacial score (nSPS) is 15.3. The number of allylic oxidation sites excluding steroid dienone is 8. The first-order valence-corrected chi connectivity index (χ1v) is 19.4. The SMILES string of the molecule is C=C/C=C1/C=CC=C2C=Cc3c(-c4cc(-c5nc(-c6ccccc6)nc(-c6ccccc6)n5)cc(-c5ccc6ccc7cccc8ccc5c6c78)c4)cccc3C21. The van der Waals surface area contributed by atoms with Gasteiger partial charge in [0.25, 0.3) is 0 Å². The van der Waals surface area contributed by atoms with Gasteiger partial charge in [-0.2, -0.15) is 0 Å². The number of benzene rings is 8. The molecule has 2 aliphatic carbocycles. The molecule has 266 valence electrons. The molecule has 1 aromatic heterocycles. The Morgan fingerprint density at radius 2 is 1.07 bits per heavy atom. The fourth-order valence-electron chi connectivity index (χ4n) is 8.90. The second-order valence-electron chi connectivity index (χ2n) is 14.8. The van der Waals surface area contributed by atoms with Crippen LogP contribution in [0.5, 0.6) is 0 Å². The number of fused-ring (bicyclic) bond motifs is 3. The largest absolute Gasteiger partial charge is 0.208 e. The molecule has 3 heteroatoms. The molecule has 0 amide bonds. The van der Waals surface area contributed by atoms with E-state index >= 15 is 0 Å². The highest BCUT2D eigenvalue weighted by atomic mass is 15.0. The fraction of sp³-hybridized carbons (Fsp3) is 0.0185. The van der Waals surface area contributed by atoms with Gasteiger partial charge < -0.3 is 0 Å². The summed E-state index contributed by atoms with van der Waals surface area (Å²) >= 11 is 0. The van der Waals surface area contributed by atoms with Crippen molar-refractivity contribution < 1.29 is 0 Å². The van der Waals surface area contributed by atoms with Crippen LogP contribution in [0.4, 0.5) is 0 Å². The summed E-state index contributed by atoms with van der Waals surface area (Å²) in [5, 5.41) is 7.57. The fourth-order valence-corrected chi connectivity index (χ4v) is 8.90. The van der Waals surface area contributed by atoms with Crippen LogP contribution in [0.3, 0.4) is 0 Å². The van der Waals surface area contributed by atoms with Gasteiger partial charge in [0.05, 0.1) is 0 Å². The summed E-state index contributed by atoms with van der Waals surface area (Å²) in [6.45, 7) is 4.03. The molecule has 0 radical (unpaired) electrons. The van der Waals surface area contributed by atoms with Crippen molar-refractivity contribution >= 4 is 38.4 Å². The summed E-state index contributed by atoms with van der Waals surface area (Å²) in [6.07, 6.45) is 15.1. The van der Waals surface area contributed by atoms with Gasteiger partial charge in [-0.25, -0.2) is 15.0 Å². The van der Waals surface area contributed by atoms with Crippen LogP contribution >= 0.6 is 0 Å². The van der Waals surface area contributed by atoms with E-state index in [0.717, 1.165) is 33.4 Å². The Morgan fingerprint density at radius 3 is 1.77 bits per heavy atom. The summed E-state index contributed by atoms with van der Waals surface area (Å²) in [7, 11) is 0. The predicted molar refractivity (Wildman–Crippen MR) is 238 cm³/mol. The second kappa shape index (κ2) is 13.4. The molecular formula is C54H35N3. The van der Waals surface area contributed by atoms with Gasteiger partial charge in [0.15, 0.2) is 17.5 Å². The molecular weight excluding hydrogens is 691 g/mol. The minimum Gasteiger partial charge on any atom is -0.208 e. The van der Waals surface area contributed by atoms with Gasteiger partial charge in [-0.1, -0.05) is 183 Å². The van der Waals surface area contributed by atoms with Crippen LogP contribution in [0.1, 0.15) is 17.0 Å². The monoisotopic (exact) mass is 725 g/mol. The van der Waals surface area contributed by atoms with Crippen LogP contribution < -0.4 is 0 Å². The quantitative estimate of drug-likeness (QED) is 0.160. The van der Waals surface area contributed by atoms with Crippen molar-refractivity contribution in [2.45, 2.75) is 5.92 Å². The molecule has 57 heavy (non-hydrogen) atoms. The lowest BCUT2D eigenvalue weighted by molar-refractivity contribution is 0.955. The third-order valence-electron chi connectivity index (χ3n) is 11.5. The van der Waals surface area contributed by atoms with Crippen LogP contribution in [-0.4, -0.2) is 15.0 Å². The van der Waals surface area contributed by atoms with E-state index in [9.17, 15) is 0 Å². The maximum absolute atomic E-state index is 5.20. The average molecular weight is 726 g/mol. The van der Waals surface area contributed by atoms with Gasteiger partial charge in [0.1, 0.15) is 0 Å². The molecule has 8 aromatic carbocycles. The van der Waals surface area contributed by atoms with Gasteiger partial charge in [-0.3, -0.25) is 0 Å². The average Bonchev–Trinajstić information content (AvgIpc) is 3.28. The maximum atomic E-state index is 5.20. The highest BCUT2D eigenvalue weighted by Gasteiger charge is 2.27. The van der Waals surface area contributed by atoms with E-state index in [1.165, 1.54) is 60.2 Å². The number of hydrogen-bond donors (Lipinski definition) is 0. The molecule has 0 aliphatic heterocycles. The third kappa shape index (κ3) is 5.55. The number of hydrogen-bond acceptors (Lipinski definition) is 3. The highest BCUT2D eigenvalue weighted by Crippen LogP contribution is 2.46. The first-order chi connectivity index (χ1) is 28.2. The molecule has 0 saturated heterocycles. The van der Waals surface area contributed by atoms with Gasteiger partial charge in [0.2, 0.25) is 0 Å². The summed E-state index contributed by atoms with van der Waals surface area (Å²) < 4.78 is 0. The molecule has 1 heterocycles. The van der Waals surface area contributed by atoms with Crippen molar-refractivity contribution in [1.29, 1.82) is 0 Å². The standard InChI is InChI=1S/C54H35N3/c1-2-12-34-17-9-18-35-26-29-46-44(21-11-22-47(46)49(34)35)41-31-42(45-28-25-38-24-23-36-19-10-20-37-27-30-48(45)51(38)50(36)37)33-43(32-41)54-56-52(39-13-5-3-6-14-39)55-53(57-54)40-15-7-4-8-16-40/h2-33,49H,1H2/b34-12-. The lowest BCUT2D eigenvalue weighted by Gasteiger charge is -2.29. The molecule has 0 saturated carbocycles. The maximum Gasteiger partial charge on any atom is 0.164 e. The van der Waals surface area contributed by atoms with Crippen LogP contribution in [0.15, 0.2) is 206 Å². The molecule has 3 nitrogen and oxygen atoms in total. The minimum absolute atomic E-state index is 0.138. The topological polar surface area (TPSA) is 38.7 Å². The van der Waals surface area contributed by atoms with Gasteiger partial charge in [-0.05, 0) is 95.0 Å². The van der Waals surface area contributed by atoms with Crippen molar-refractivity contribution in [2.24, 2.45) is 0 Å². The first kappa shape index (κ1) is 32.9. The van der Waals surface area contributed by atoms with Crippen LogP contribution in [0.25, 0.3) is 94.8 Å². The Bertz CT molecular complexity index is 3110. The second-order valence-corrected chi connectivity index (χ2v) is 14.8. The predicted octanol–water partition coefficient (Wildman–Crippen LogP) is 13.8. The van der Waals surface area contributed by atoms with Gasteiger partial charge >= 0.3 is 0 Å². The minimum atomic E-state index is 0.138. The Kier molecular flexibility index (Phi) is 7.71. The zero-order valence-corrected chi connectivity index (χ0v) is 31.1. The third-order valence-corrected chi connectivity index (χ3v) is 11.5. The Hall–Kier alpha value is -7.49. The van der Waals surface area contributed by atoms with Crippen molar-refractivity contribution in [3.63, 3.8) is 0 Å². The van der Waals surface area contributed by atoms with E-state index < -0.39 is 0 Å². The van der Waals surface area contributed by atoms with Crippen molar-refractivity contribution in [2.75, 3.05) is 0 Å². The summed E-state index contributed by atoms with van der Waals surface area (Å²) in [5.41, 5.74) is 12.4. The lowest BCUT2D eigenvalue weighted by Crippen LogP contribution is -2.11.